The molecule has 4 rings (SSSR count). The molecule has 2 aliphatic rings. The van der Waals surface area contributed by atoms with Crippen molar-refractivity contribution in [2.75, 3.05) is 52.4 Å². The molecular formula is C28H32N4O8S. The van der Waals surface area contributed by atoms with Crippen molar-refractivity contribution < 1.29 is 33.5 Å². The molecule has 12 nitrogen and oxygen atoms in total. The Morgan fingerprint density at radius 1 is 1.02 bits per heavy atom. The van der Waals surface area contributed by atoms with Crippen LogP contribution in [0.25, 0.3) is 6.08 Å². The van der Waals surface area contributed by atoms with Gasteiger partial charge in [-0.15, -0.1) is 0 Å². The Morgan fingerprint density at radius 2 is 1.68 bits per heavy atom. The van der Waals surface area contributed by atoms with Crippen LogP contribution in [0.5, 0.6) is 17.2 Å². The monoisotopic (exact) mass is 584 g/mol. The Balaban J connectivity index is 1.41. The predicted molar refractivity (Wildman–Crippen MR) is 155 cm³/mol. The maximum atomic E-state index is 13.0. The van der Waals surface area contributed by atoms with Crippen molar-refractivity contribution in [2.24, 2.45) is 0 Å². The Kier molecular flexibility index (Phi) is 9.71. The second-order valence-corrected chi connectivity index (χ2v) is 10.4. The first-order valence-electron chi connectivity index (χ1n) is 13.1. The van der Waals surface area contributed by atoms with E-state index in [2.05, 4.69) is 5.32 Å². The maximum absolute atomic E-state index is 13.0. The summed E-state index contributed by atoms with van der Waals surface area (Å²) >= 11 is 0.784. The van der Waals surface area contributed by atoms with E-state index in [1.54, 1.807) is 30.3 Å². The third-order valence-electron chi connectivity index (χ3n) is 6.86. The van der Waals surface area contributed by atoms with E-state index in [1.807, 2.05) is 4.90 Å². The number of carbonyl (C=O) groups excluding carboxylic acids is 3. The normalized spacial score (nSPS) is 16.5. The van der Waals surface area contributed by atoms with Gasteiger partial charge in [-0.1, -0.05) is 12.8 Å². The van der Waals surface area contributed by atoms with E-state index in [9.17, 15) is 24.5 Å². The summed E-state index contributed by atoms with van der Waals surface area (Å²) in [6.45, 7) is 1.39. The molecule has 0 radical (unpaired) electrons. The van der Waals surface area contributed by atoms with Crippen LogP contribution in [0.2, 0.25) is 0 Å². The lowest BCUT2D eigenvalue weighted by Gasteiger charge is -2.22. The summed E-state index contributed by atoms with van der Waals surface area (Å²) in [7, 11) is 4.44. The molecule has 2 aliphatic heterocycles. The van der Waals surface area contributed by atoms with Gasteiger partial charge in [-0.3, -0.25) is 29.4 Å². The largest absolute Gasteiger partial charge is 0.493 e. The molecule has 41 heavy (non-hydrogen) atoms. The van der Waals surface area contributed by atoms with Gasteiger partial charge in [-0.25, -0.2) is 0 Å². The van der Waals surface area contributed by atoms with Crippen molar-refractivity contribution in [3.63, 3.8) is 0 Å². The third-order valence-corrected chi connectivity index (χ3v) is 7.77. The first-order chi connectivity index (χ1) is 19.8. The zero-order chi connectivity index (χ0) is 29.5. The van der Waals surface area contributed by atoms with Crippen molar-refractivity contribution in [2.45, 2.75) is 25.7 Å². The minimum absolute atomic E-state index is 0.0178. The Bertz CT molecular complexity index is 1350. The number of hydrogen-bond donors (Lipinski definition) is 1. The Hall–Kier alpha value is -4.26. The van der Waals surface area contributed by atoms with Gasteiger partial charge in [0.15, 0.2) is 11.5 Å². The van der Waals surface area contributed by atoms with Crippen molar-refractivity contribution in [1.29, 1.82) is 0 Å². The van der Waals surface area contributed by atoms with Crippen LogP contribution in [0.3, 0.4) is 0 Å². The zero-order valence-electron chi connectivity index (χ0n) is 23.1. The van der Waals surface area contributed by atoms with Gasteiger partial charge in [0.1, 0.15) is 5.69 Å². The summed E-state index contributed by atoms with van der Waals surface area (Å²) in [5.74, 6) is 0.174. The second-order valence-electron chi connectivity index (χ2n) is 9.41. The number of nitro groups is 1. The smallest absolute Gasteiger partial charge is 0.293 e. The highest BCUT2D eigenvalue weighted by atomic mass is 32.2. The lowest BCUT2D eigenvalue weighted by Crippen LogP contribution is -2.37. The number of nitrogens with zero attached hydrogens (tertiary/aromatic N) is 3. The van der Waals surface area contributed by atoms with Crippen molar-refractivity contribution >= 4 is 46.3 Å². The molecule has 2 fully saturated rings. The van der Waals surface area contributed by atoms with Gasteiger partial charge in [0, 0.05) is 37.8 Å². The van der Waals surface area contributed by atoms with Gasteiger partial charge in [-0.2, -0.15) is 0 Å². The second kappa shape index (κ2) is 13.4. The number of carbonyl (C=O) groups is 3. The standard InChI is InChI=1S/C28H32N4O8S/c1-38-22-14-18(15-23(39-2)25(22)40-3)16-24-27(34)31(28(35)41-24)13-10-29-26(33)19-8-9-20(21(17-19)32(36)37)30-11-6-4-5-7-12-30/h8-9,14-17H,4-7,10-13H2,1-3H3,(H,29,33)/b24-16-. The fourth-order valence-electron chi connectivity index (χ4n) is 4.80. The van der Waals surface area contributed by atoms with Crippen LogP contribution in [-0.2, 0) is 4.79 Å². The number of rotatable bonds is 10. The predicted octanol–water partition coefficient (Wildman–Crippen LogP) is 4.47. The molecule has 3 amide bonds. The summed E-state index contributed by atoms with van der Waals surface area (Å²) in [6.07, 6.45) is 5.66. The van der Waals surface area contributed by atoms with Gasteiger partial charge in [0.05, 0.1) is 31.2 Å². The molecule has 13 heteroatoms. The molecule has 2 saturated heterocycles. The first-order valence-corrected chi connectivity index (χ1v) is 14.0. The van der Waals surface area contributed by atoms with E-state index in [1.165, 1.54) is 27.4 Å². The highest BCUT2D eigenvalue weighted by Gasteiger charge is 2.35. The van der Waals surface area contributed by atoms with Crippen LogP contribution in [0.1, 0.15) is 41.6 Å². The molecule has 0 bridgehead atoms. The van der Waals surface area contributed by atoms with Crippen LogP contribution >= 0.6 is 11.8 Å². The summed E-state index contributed by atoms with van der Waals surface area (Å²) in [5.41, 5.74) is 1.09. The number of nitrogens with one attached hydrogen (secondary N) is 1. The fraction of sp³-hybridized carbons (Fsp3) is 0.393. The third kappa shape index (κ3) is 6.73. The Labute approximate surface area is 241 Å². The van der Waals surface area contributed by atoms with Crippen LogP contribution in [-0.4, -0.2) is 74.4 Å². The zero-order valence-corrected chi connectivity index (χ0v) is 24.0. The minimum Gasteiger partial charge on any atom is -0.493 e. The number of benzene rings is 2. The molecule has 0 spiro atoms. The molecule has 1 N–H and O–H groups in total. The summed E-state index contributed by atoms with van der Waals surface area (Å²) < 4.78 is 16.0. The average Bonchev–Trinajstić information content (AvgIpc) is 3.14. The highest BCUT2D eigenvalue weighted by Crippen LogP contribution is 2.40. The summed E-state index contributed by atoms with van der Waals surface area (Å²) in [6, 6.07) is 7.76. The molecular weight excluding hydrogens is 552 g/mol. The SMILES string of the molecule is COc1cc(/C=C2\SC(=O)N(CCNC(=O)c3ccc(N4CCCCCC4)c([N+](=O)[O-])c3)C2=O)cc(OC)c1OC. The molecule has 2 aromatic carbocycles. The van der Waals surface area contributed by atoms with E-state index in [0.717, 1.165) is 55.4 Å². The van der Waals surface area contributed by atoms with E-state index in [4.69, 9.17) is 14.2 Å². The topological polar surface area (TPSA) is 141 Å². The molecule has 0 unspecified atom stereocenters. The number of anilines is 1. The molecule has 2 heterocycles. The minimum atomic E-state index is -0.532. The number of amides is 3. The van der Waals surface area contributed by atoms with Crippen molar-refractivity contribution in [3.8, 4) is 17.2 Å². The molecule has 0 aliphatic carbocycles. The number of ether oxygens (including phenoxy) is 3. The molecule has 2 aromatic rings. The fourth-order valence-corrected chi connectivity index (χ4v) is 5.67. The molecule has 0 saturated carbocycles. The van der Waals surface area contributed by atoms with Crippen LogP contribution < -0.4 is 24.4 Å². The quantitative estimate of drug-likeness (QED) is 0.242. The lowest BCUT2D eigenvalue weighted by atomic mass is 10.1. The van der Waals surface area contributed by atoms with Gasteiger partial charge in [0.25, 0.3) is 22.7 Å². The highest BCUT2D eigenvalue weighted by molar-refractivity contribution is 8.18. The van der Waals surface area contributed by atoms with Crippen LogP contribution in [0.4, 0.5) is 16.2 Å². The number of methoxy groups -OCH3 is 3. The summed E-state index contributed by atoms with van der Waals surface area (Å²) in [4.78, 5) is 52.9. The van der Waals surface area contributed by atoms with Gasteiger partial charge < -0.3 is 24.4 Å². The number of imide groups is 1. The van der Waals surface area contributed by atoms with E-state index >= 15 is 0 Å². The average molecular weight is 585 g/mol. The van der Waals surface area contributed by atoms with E-state index in [-0.39, 0.29) is 29.2 Å². The molecule has 0 atom stereocenters. The number of thioether (sulfide) groups is 1. The van der Waals surface area contributed by atoms with Crippen molar-refractivity contribution in [3.05, 3.63) is 56.5 Å². The first kappa shape index (κ1) is 29.7. The van der Waals surface area contributed by atoms with E-state index in [0.29, 0.717) is 28.5 Å². The number of hydrogen-bond acceptors (Lipinski definition) is 10. The summed E-state index contributed by atoms with van der Waals surface area (Å²) in [5, 5.41) is 14.0. The number of nitro benzene ring substituents is 1. The molecule has 0 aromatic heterocycles. The van der Waals surface area contributed by atoms with Crippen LogP contribution in [0.15, 0.2) is 35.2 Å². The Morgan fingerprint density at radius 3 is 2.27 bits per heavy atom. The van der Waals surface area contributed by atoms with E-state index < -0.39 is 22.0 Å². The van der Waals surface area contributed by atoms with Gasteiger partial charge >= 0.3 is 0 Å². The van der Waals surface area contributed by atoms with Crippen LogP contribution in [0, 0.1) is 10.1 Å². The van der Waals surface area contributed by atoms with Gasteiger partial charge in [0.2, 0.25) is 5.75 Å². The van der Waals surface area contributed by atoms with Gasteiger partial charge in [-0.05, 0) is 60.5 Å². The molecule has 218 valence electrons. The maximum Gasteiger partial charge on any atom is 0.293 e. The lowest BCUT2D eigenvalue weighted by molar-refractivity contribution is -0.384. The van der Waals surface area contributed by atoms with Crippen molar-refractivity contribution in [1.82, 2.24) is 10.2 Å².